The van der Waals surface area contributed by atoms with Gasteiger partial charge in [-0.15, -0.1) is 11.6 Å². The number of alkyl halides is 4. The second kappa shape index (κ2) is 18.7. The molecule has 2 unspecified atom stereocenters. The van der Waals surface area contributed by atoms with Crippen molar-refractivity contribution in [2.45, 2.75) is 78.4 Å². The molecule has 2 atom stereocenters. The fourth-order valence-corrected chi connectivity index (χ4v) is 4.02. The van der Waals surface area contributed by atoms with Crippen LogP contribution in [0.2, 0.25) is 0 Å². The molecule has 3 rings (SSSR count). The lowest BCUT2D eigenvalue weighted by Crippen LogP contribution is -2.20. The second-order valence-corrected chi connectivity index (χ2v) is 9.09. The van der Waals surface area contributed by atoms with Gasteiger partial charge in [-0.3, -0.25) is 4.98 Å². The molecule has 0 aliphatic heterocycles. The number of pyridine rings is 1. The monoisotopic (exact) mass is 573 g/mol. The lowest BCUT2D eigenvalue weighted by atomic mass is 10.1. The lowest BCUT2D eigenvalue weighted by Gasteiger charge is -2.19. The molecule has 1 fully saturated rings. The van der Waals surface area contributed by atoms with Crippen LogP contribution in [0, 0.1) is 5.92 Å². The molecule has 2 aromatic heterocycles. The van der Waals surface area contributed by atoms with E-state index < -0.39 is 12.6 Å². The van der Waals surface area contributed by atoms with Gasteiger partial charge in [0.1, 0.15) is 18.2 Å². The number of halogens is 4. The van der Waals surface area contributed by atoms with Crippen LogP contribution in [-0.2, 0) is 6.42 Å². The number of nitrogens with one attached hydrogen (secondary N) is 2. The zero-order chi connectivity index (χ0) is 29.3. The minimum absolute atomic E-state index is 0.178. The van der Waals surface area contributed by atoms with Crippen LogP contribution in [0.4, 0.5) is 24.9 Å². The van der Waals surface area contributed by atoms with E-state index in [1.165, 1.54) is 6.38 Å². The number of aryl methyl sites for hydroxylation is 1. The number of anilines is 2. The first kappa shape index (κ1) is 34.4. The molecule has 1 aliphatic rings. The fraction of sp³-hybridized carbons (Fsp3) is 0.607. The van der Waals surface area contributed by atoms with Crippen LogP contribution in [0.1, 0.15) is 71.1 Å². The van der Waals surface area contributed by atoms with Crippen molar-refractivity contribution in [3.8, 4) is 5.75 Å². The first-order chi connectivity index (χ1) is 18.7. The molecule has 220 valence electrons. The van der Waals surface area contributed by atoms with Crippen LogP contribution in [0.5, 0.6) is 5.75 Å². The Bertz CT molecular complexity index is 975. The highest BCUT2D eigenvalue weighted by Crippen LogP contribution is 2.31. The maximum atomic E-state index is 12.5. The summed E-state index contributed by atoms with van der Waals surface area (Å²) < 4.78 is 43.6. The van der Waals surface area contributed by atoms with Crippen molar-refractivity contribution in [2.75, 3.05) is 36.8 Å². The molecule has 11 heteroatoms. The molecule has 0 bridgehead atoms. The molecule has 7 nitrogen and oxygen atoms in total. The molecule has 39 heavy (non-hydrogen) atoms. The molecule has 3 N–H and O–H groups in total. The Labute approximate surface area is 235 Å². The Balaban J connectivity index is 0.00000142. The Morgan fingerprint density at radius 2 is 1.87 bits per heavy atom. The number of nitrogens with zero attached hydrogens (tertiary/aromatic N) is 3. The third kappa shape index (κ3) is 13.4. The van der Waals surface area contributed by atoms with Gasteiger partial charge in [-0.05, 0) is 62.7 Å². The average molecular weight is 574 g/mol. The summed E-state index contributed by atoms with van der Waals surface area (Å²) in [5.74, 6) is 2.09. The van der Waals surface area contributed by atoms with Gasteiger partial charge in [0.2, 0.25) is 5.95 Å². The topological polar surface area (TPSA) is 92.2 Å². The largest absolute Gasteiger partial charge is 0.487 e. The van der Waals surface area contributed by atoms with E-state index in [2.05, 4.69) is 50.2 Å². The van der Waals surface area contributed by atoms with Crippen molar-refractivity contribution >= 4 is 28.9 Å². The van der Waals surface area contributed by atoms with Crippen LogP contribution in [0.25, 0.3) is 5.57 Å². The van der Waals surface area contributed by atoms with Gasteiger partial charge in [-0.25, -0.2) is 4.98 Å². The van der Waals surface area contributed by atoms with Gasteiger partial charge in [0.25, 0.3) is 0 Å². The van der Waals surface area contributed by atoms with Crippen LogP contribution in [0.3, 0.4) is 0 Å². The zero-order valence-corrected chi connectivity index (χ0v) is 24.4. The Morgan fingerprint density at radius 1 is 1.15 bits per heavy atom. The molecule has 2 aromatic rings. The summed E-state index contributed by atoms with van der Waals surface area (Å²) in [5.41, 5.74) is 2.70. The molecule has 0 aromatic carbocycles. The number of aliphatic hydroxyl groups excluding tert-OH is 1. The second-order valence-electron chi connectivity index (χ2n) is 9.09. The number of rotatable bonds is 11. The Hall–Kier alpha value is -2.59. The van der Waals surface area contributed by atoms with Gasteiger partial charge >= 0.3 is 6.18 Å². The molecule has 1 aliphatic carbocycles. The molecule has 2 heterocycles. The number of allylic oxidation sites excluding steroid dienone is 1. The third-order valence-electron chi connectivity index (χ3n) is 5.87. The molecule has 1 saturated carbocycles. The first-order valence-corrected chi connectivity index (χ1v) is 14.1. The molecule has 0 amide bonds. The summed E-state index contributed by atoms with van der Waals surface area (Å²) in [7, 11) is 0. The highest BCUT2D eigenvalue weighted by atomic mass is 35.5. The number of aliphatic hydroxyl groups is 1. The fourth-order valence-electron chi connectivity index (χ4n) is 4.02. The summed E-state index contributed by atoms with van der Waals surface area (Å²) in [4.78, 5) is 13.2. The van der Waals surface area contributed by atoms with Gasteiger partial charge in [0, 0.05) is 43.0 Å². The van der Waals surface area contributed by atoms with Crippen LogP contribution < -0.4 is 15.4 Å². The summed E-state index contributed by atoms with van der Waals surface area (Å²) in [6.45, 7) is 8.27. The standard InChI is InChI=1S/C25H34F3N5O.C2H6O.CH3Cl/c1-4-6-18(16-34-21-10-9-19(5-2)30-14-21)22-15-31-24(29-12-11-25(26,27)28)33-23(22)32-20-8-7-17(3)13-20;1-2-3;1-2/h6,9-10,14-15,17,20H,4-5,7-8,11-13,16H2,1-3H3,(H2,29,31,32,33);3H,2H2,1H3;1H3/b18-6+;;. The normalized spacial score (nSPS) is 16.9. The number of hydrogen-bond acceptors (Lipinski definition) is 7. The summed E-state index contributed by atoms with van der Waals surface area (Å²) >= 11 is 4.64. The van der Waals surface area contributed by atoms with E-state index >= 15 is 0 Å². The molecular formula is C28H43ClF3N5O2. The average Bonchev–Trinajstić information content (AvgIpc) is 3.32. The Kier molecular flexibility index (Phi) is 16.5. The molecule has 0 saturated heterocycles. The van der Waals surface area contributed by atoms with Crippen LogP contribution in [-0.4, -0.2) is 58.4 Å². The summed E-state index contributed by atoms with van der Waals surface area (Å²) in [5, 5.41) is 13.8. The molecular weight excluding hydrogens is 531 g/mol. The van der Waals surface area contributed by atoms with E-state index in [4.69, 9.17) is 9.84 Å². The van der Waals surface area contributed by atoms with E-state index in [1.54, 1.807) is 19.3 Å². The SMILES string of the molecule is CC/C=C(\COc1ccc(CC)nc1)c1cnc(NCCC(F)(F)F)nc1NC1CCC(C)C1.CCO.CCl. The maximum absolute atomic E-state index is 12.5. The minimum atomic E-state index is -4.23. The Morgan fingerprint density at radius 3 is 2.41 bits per heavy atom. The predicted octanol–water partition coefficient (Wildman–Crippen LogP) is 7.12. The first-order valence-electron chi connectivity index (χ1n) is 13.4. The van der Waals surface area contributed by atoms with Crippen LogP contribution >= 0.6 is 11.6 Å². The highest BCUT2D eigenvalue weighted by molar-refractivity contribution is 6.15. The van der Waals surface area contributed by atoms with E-state index in [-0.39, 0.29) is 25.1 Å². The third-order valence-corrected chi connectivity index (χ3v) is 5.87. The van der Waals surface area contributed by atoms with E-state index in [9.17, 15) is 13.2 Å². The van der Waals surface area contributed by atoms with Crippen molar-refractivity contribution in [2.24, 2.45) is 5.92 Å². The van der Waals surface area contributed by atoms with Crippen molar-refractivity contribution in [3.05, 3.63) is 41.9 Å². The van der Waals surface area contributed by atoms with Gasteiger partial charge in [0.05, 0.1) is 12.6 Å². The van der Waals surface area contributed by atoms with Crippen molar-refractivity contribution in [1.29, 1.82) is 0 Å². The van der Waals surface area contributed by atoms with Gasteiger partial charge in [0.15, 0.2) is 0 Å². The maximum Gasteiger partial charge on any atom is 0.390 e. The summed E-state index contributed by atoms with van der Waals surface area (Å²) in [6.07, 6.45) is 6.57. The quantitative estimate of drug-likeness (QED) is 0.246. The van der Waals surface area contributed by atoms with Crippen molar-refractivity contribution in [3.63, 3.8) is 0 Å². The van der Waals surface area contributed by atoms with Gasteiger partial charge in [-0.2, -0.15) is 18.2 Å². The van der Waals surface area contributed by atoms with E-state index in [0.29, 0.717) is 24.1 Å². The molecule has 0 spiro atoms. The number of ether oxygens (including phenoxy) is 1. The van der Waals surface area contributed by atoms with Crippen molar-refractivity contribution in [1.82, 2.24) is 15.0 Å². The smallest absolute Gasteiger partial charge is 0.390 e. The summed E-state index contributed by atoms with van der Waals surface area (Å²) in [6, 6.07) is 4.11. The van der Waals surface area contributed by atoms with Crippen molar-refractivity contribution < 1.29 is 23.0 Å². The zero-order valence-electron chi connectivity index (χ0n) is 23.6. The van der Waals surface area contributed by atoms with E-state index in [0.717, 1.165) is 48.9 Å². The molecule has 0 radical (unpaired) electrons. The van der Waals surface area contributed by atoms with Gasteiger partial charge in [-0.1, -0.05) is 26.8 Å². The van der Waals surface area contributed by atoms with Crippen LogP contribution in [0.15, 0.2) is 30.6 Å². The predicted molar refractivity (Wildman–Crippen MR) is 154 cm³/mol. The van der Waals surface area contributed by atoms with Gasteiger partial charge < -0.3 is 20.5 Å². The minimum Gasteiger partial charge on any atom is -0.487 e. The number of hydrogen-bond donors (Lipinski definition) is 3. The number of aromatic nitrogens is 3. The lowest BCUT2D eigenvalue weighted by molar-refractivity contribution is -0.131. The van der Waals surface area contributed by atoms with E-state index in [1.807, 2.05) is 26.0 Å². The highest BCUT2D eigenvalue weighted by Gasteiger charge is 2.27.